The van der Waals surface area contributed by atoms with Gasteiger partial charge in [0.05, 0.1) is 10.9 Å². The van der Waals surface area contributed by atoms with Crippen LogP contribution in [-0.2, 0) is 6.42 Å². The highest BCUT2D eigenvalue weighted by Crippen LogP contribution is 2.19. The van der Waals surface area contributed by atoms with Crippen LogP contribution in [0.1, 0.15) is 15.9 Å². The van der Waals surface area contributed by atoms with E-state index in [1.807, 2.05) is 0 Å². The Labute approximate surface area is 151 Å². The van der Waals surface area contributed by atoms with E-state index in [1.165, 1.54) is 12.3 Å². The van der Waals surface area contributed by atoms with Crippen molar-refractivity contribution in [2.75, 3.05) is 6.54 Å². The molecule has 0 aliphatic carbocycles. The average Bonchev–Trinajstić information content (AvgIpc) is 2.53. The summed E-state index contributed by atoms with van der Waals surface area (Å²) < 4.78 is 0. The van der Waals surface area contributed by atoms with Crippen molar-refractivity contribution in [1.29, 1.82) is 0 Å². The standard InChI is InChI=1S/C16H12Cl2N4O3/c17-10-3-8(4-11(18)6-10)1-2-19-14(23)9-5-12-13(20-7-9)21-16(25)22-15(12)24/h3-7H,1-2H2,(H,19,23)(H2,20,21,22,24,25). The van der Waals surface area contributed by atoms with Gasteiger partial charge in [0.2, 0.25) is 0 Å². The van der Waals surface area contributed by atoms with Crippen molar-refractivity contribution in [3.8, 4) is 0 Å². The molecule has 1 amide bonds. The summed E-state index contributed by atoms with van der Waals surface area (Å²) in [7, 11) is 0. The number of carbonyl (C=O) groups excluding carboxylic acids is 1. The van der Waals surface area contributed by atoms with Crippen LogP contribution in [0.25, 0.3) is 11.0 Å². The quantitative estimate of drug-likeness (QED) is 0.643. The van der Waals surface area contributed by atoms with E-state index in [0.29, 0.717) is 23.0 Å². The molecule has 0 fully saturated rings. The number of nitrogens with one attached hydrogen (secondary N) is 3. The number of aromatic amines is 2. The topological polar surface area (TPSA) is 108 Å². The predicted octanol–water partition coefficient (Wildman–Crippen LogP) is 1.89. The third-order valence-electron chi connectivity index (χ3n) is 3.48. The van der Waals surface area contributed by atoms with E-state index < -0.39 is 11.2 Å². The van der Waals surface area contributed by atoms with Crippen molar-refractivity contribution in [1.82, 2.24) is 20.3 Å². The molecule has 0 saturated heterocycles. The van der Waals surface area contributed by atoms with Gasteiger partial charge in [-0.25, -0.2) is 9.78 Å². The predicted molar refractivity (Wildman–Crippen MR) is 95.5 cm³/mol. The van der Waals surface area contributed by atoms with Gasteiger partial charge in [0, 0.05) is 22.8 Å². The first-order valence-electron chi connectivity index (χ1n) is 7.28. The van der Waals surface area contributed by atoms with Gasteiger partial charge >= 0.3 is 5.69 Å². The minimum absolute atomic E-state index is 0.124. The zero-order valence-electron chi connectivity index (χ0n) is 12.7. The third kappa shape index (κ3) is 4.07. The number of benzene rings is 1. The van der Waals surface area contributed by atoms with Gasteiger partial charge in [-0.1, -0.05) is 23.2 Å². The first-order valence-corrected chi connectivity index (χ1v) is 8.03. The molecule has 2 aromatic heterocycles. The molecule has 9 heteroatoms. The van der Waals surface area contributed by atoms with E-state index in [-0.39, 0.29) is 22.5 Å². The molecule has 1 aromatic carbocycles. The van der Waals surface area contributed by atoms with Crippen LogP contribution in [0.4, 0.5) is 0 Å². The van der Waals surface area contributed by atoms with E-state index in [9.17, 15) is 14.4 Å². The van der Waals surface area contributed by atoms with Gasteiger partial charge in [0.25, 0.3) is 11.5 Å². The highest BCUT2D eigenvalue weighted by atomic mass is 35.5. The molecule has 0 radical (unpaired) electrons. The van der Waals surface area contributed by atoms with Crippen molar-refractivity contribution < 1.29 is 4.79 Å². The number of halogens is 2. The van der Waals surface area contributed by atoms with Gasteiger partial charge in [0.1, 0.15) is 5.65 Å². The Morgan fingerprint density at radius 1 is 1.08 bits per heavy atom. The van der Waals surface area contributed by atoms with Crippen molar-refractivity contribution in [3.63, 3.8) is 0 Å². The van der Waals surface area contributed by atoms with Crippen LogP contribution in [0.3, 0.4) is 0 Å². The fraction of sp³-hybridized carbons (Fsp3) is 0.125. The maximum Gasteiger partial charge on any atom is 0.327 e. The summed E-state index contributed by atoms with van der Waals surface area (Å²) >= 11 is 11.9. The molecule has 0 bridgehead atoms. The minimum atomic E-state index is -0.651. The number of amides is 1. The van der Waals surface area contributed by atoms with Gasteiger partial charge in [0.15, 0.2) is 0 Å². The van der Waals surface area contributed by atoms with E-state index in [4.69, 9.17) is 23.2 Å². The Morgan fingerprint density at radius 3 is 2.52 bits per heavy atom. The number of carbonyl (C=O) groups is 1. The molecule has 0 saturated carbocycles. The van der Waals surface area contributed by atoms with Gasteiger partial charge in [-0.3, -0.25) is 19.6 Å². The normalized spacial score (nSPS) is 10.8. The van der Waals surface area contributed by atoms with Gasteiger partial charge in [-0.15, -0.1) is 0 Å². The third-order valence-corrected chi connectivity index (χ3v) is 3.91. The van der Waals surface area contributed by atoms with Crippen LogP contribution in [0.15, 0.2) is 40.1 Å². The number of hydrogen-bond acceptors (Lipinski definition) is 4. The number of aromatic nitrogens is 3. The summed E-state index contributed by atoms with van der Waals surface area (Å²) in [6.07, 6.45) is 1.84. The van der Waals surface area contributed by atoms with Crippen molar-refractivity contribution in [2.24, 2.45) is 0 Å². The minimum Gasteiger partial charge on any atom is -0.352 e. The van der Waals surface area contributed by atoms with E-state index in [2.05, 4.69) is 20.3 Å². The van der Waals surface area contributed by atoms with Crippen LogP contribution in [0.5, 0.6) is 0 Å². The molecule has 0 aliphatic rings. The largest absolute Gasteiger partial charge is 0.352 e. The lowest BCUT2D eigenvalue weighted by molar-refractivity contribution is 0.0954. The van der Waals surface area contributed by atoms with Crippen molar-refractivity contribution in [2.45, 2.75) is 6.42 Å². The molecular formula is C16H12Cl2N4O3. The molecule has 0 atom stereocenters. The summed E-state index contributed by atoms with van der Waals surface area (Å²) in [5, 5.41) is 3.92. The first-order chi connectivity index (χ1) is 11.9. The Bertz CT molecular complexity index is 1050. The second-order valence-electron chi connectivity index (χ2n) is 5.31. The van der Waals surface area contributed by atoms with E-state index >= 15 is 0 Å². The molecule has 0 unspecified atom stereocenters. The number of nitrogens with zero attached hydrogens (tertiary/aromatic N) is 1. The highest BCUT2D eigenvalue weighted by Gasteiger charge is 2.10. The van der Waals surface area contributed by atoms with Crippen LogP contribution >= 0.6 is 23.2 Å². The Kier molecular flexibility index (Phi) is 4.87. The zero-order chi connectivity index (χ0) is 18.0. The zero-order valence-corrected chi connectivity index (χ0v) is 14.2. The lowest BCUT2D eigenvalue weighted by Gasteiger charge is -2.07. The summed E-state index contributed by atoms with van der Waals surface area (Å²) in [4.78, 5) is 43.6. The molecule has 3 rings (SSSR count). The molecule has 25 heavy (non-hydrogen) atoms. The van der Waals surface area contributed by atoms with Crippen molar-refractivity contribution in [3.05, 3.63) is 72.5 Å². The summed E-state index contributed by atoms with van der Waals surface area (Å²) in [6.45, 7) is 0.357. The lowest BCUT2D eigenvalue weighted by atomic mass is 10.1. The maximum atomic E-state index is 12.2. The van der Waals surface area contributed by atoms with Gasteiger partial charge < -0.3 is 5.32 Å². The summed E-state index contributed by atoms with van der Waals surface area (Å²) in [5.74, 6) is -0.381. The molecule has 7 nitrogen and oxygen atoms in total. The fourth-order valence-electron chi connectivity index (χ4n) is 2.35. The number of H-pyrrole nitrogens is 2. The average molecular weight is 379 g/mol. The molecule has 0 spiro atoms. The molecular weight excluding hydrogens is 367 g/mol. The van der Waals surface area contributed by atoms with Crippen LogP contribution in [-0.4, -0.2) is 27.4 Å². The number of hydrogen-bond donors (Lipinski definition) is 3. The van der Waals surface area contributed by atoms with Crippen LogP contribution in [0, 0.1) is 0 Å². The second-order valence-corrected chi connectivity index (χ2v) is 6.18. The first kappa shape index (κ1) is 17.2. The van der Waals surface area contributed by atoms with Crippen molar-refractivity contribution >= 4 is 40.1 Å². The molecule has 2 heterocycles. The smallest absolute Gasteiger partial charge is 0.327 e. The fourth-order valence-corrected chi connectivity index (χ4v) is 2.92. The van der Waals surface area contributed by atoms with E-state index in [0.717, 1.165) is 5.56 Å². The lowest BCUT2D eigenvalue weighted by Crippen LogP contribution is -2.27. The molecule has 3 aromatic rings. The second kappa shape index (κ2) is 7.08. The van der Waals surface area contributed by atoms with Gasteiger partial charge in [-0.2, -0.15) is 0 Å². The van der Waals surface area contributed by atoms with Crippen LogP contribution in [0.2, 0.25) is 10.0 Å². The molecule has 0 aliphatic heterocycles. The number of pyridine rings is 1. The van der Waals surface area contributed by atoms with Crippen LogP contribution < -0.4 is 16.6 Å². The Morgan fingerprint density at radius 2 is 1.80 bits per heavy atom. The highest BCUT2D eigenvalue weighted by molar-refractivity contribution is 6.34. The number of rotatable bonds is 4. The maximum absolute atomic E-state index is 12.2. The number of fused-ring (bicyclic) bond motifs is 1. The summed E-state index contributed by atoms with van der Waals surface area (Å²) in [6, 6.07) is 6.55. The molecule has 3 N–H and O–H groups in total. The summed E-state index contributed by atoms with van der Waals surface area (Å²) in [5.41, 5.74) is -0.0200. The monoisotopic (exact) mass is 378 g/mol. The SMILES string of the molecule is O=C(NCCc1cc(Cl)cc(Cl)c1)c1cnc2[nH]c(=O)[nH]c(=O)c2c1. The van der Waals surface area contributed by atoms with Gasteiger partial charge in [-0.05, 0) is 36.2 Å². The molecule has 128 valence electrons. The Balaban J connectivity index is 1.72. The van der Waals surface area contributed by atoms with E-state index in [1.54, 1.807) is 18.2 Å². The Hall–Kier alpha value is -2.64.